The van der Waals surface area contributed by atoms with Crippen LogP contribution in [0.15, 0.2) is 11.3 Å². The molecule has 0 spiro atoms. The highest BCUT2D eigenvalue weighted by atomic mass is 32.7. The van der Waals surface area contributed by atoms with Crippen LogP contribution in [0.3, 0.4) is 0 Å². The average molecular weight is 253 g/mol. The van der Waals surface area contributed by atoms with Crippen molar-refractivity contribution in [2.24, 2.45) is 0 Å². The predicted molar refractivity (Wildman–Crippen MR) is 65.6 cm³/mol. The molecule has 0 amide bonds. The highest BCUT2D eigenvalue weighted by Crippen LogP contribution is 2.58. The lowest BCUT2D eigenvalue weighted by Crippen LogP contribution is -2.05. The van der Waals surface area contributed by atoms with Crippen LogP contribution in [0.2, 0.25) is 0 Å². The van der Waals surface area contributed by atoms with E-state index in [0.29, 0.717) is 0 Å². The average Bonchev–Trinajstić information content (AvgIpc) is 2.23. The van der Waals surface area contributed by atoms with Crippen molar-refractivity contribution in [3.8, 4) is 0 Å². The van der Waals surface area contributed by atoms with Gasteiger partial charge >= 0.3 is 6.80 Å². The second kappa shape index (κ2) is 7.34. The van der Waals surface area contributed by atoms with Crippen molar-refractivity contribution >= 4 is 18.4 Å². The monoisotopic (exact) mass is 253 g/mol. The van der Waals surface area contributed by atoms with Crippen LogP contribution in [0.25, 0.3) is 0 Å². The van der Waals surface area contributed by atoms with Crippen LogP contribution in [0, 0.1) is 0 Å². The SMILES string of the molecule is CCCC(NSP(=O)(OC)OC)=C(C)C. The zero-order valence-corrected chi connectivity index (χ0v) is 11.7. The fourth-order valence-electron chi connectivity index (χ4n) is 0.913. The largest absolute Gasteiger partial charge is 0.408 e. The van der Waals surface area contributed by atoms with Crippen LogP contribution in [0.1, 0.15) is 33.6 Å². The topological polar surface area (TPSA) is 47.6 Å². The number of hydrogen-bond acceptors (Lipinski definition) is 5. The van der Waals surface area contributed by atoms with Crippen molar-refractivity contribution in [1.82, 2.24) is 4.72 Å². The van der Waals surface area contributed by atoms with Crippen LogP contribution in [0.5, 0.6) is 0 Å². The van der Waals surface area contributed by atoms with E-state index in [1.54, 1.807) is 0 Å². The third-order valence-electron chi connectivity index (χ3n) is 1.83. The lowest BCUT2D eigenvalue weighted by atomic mass is 10.2. The molecule has 0 aromatic carbocycles. The van der Waals surface area contributed by atoms with Gasteiger partial charge < -0.3 is 13.8 Å². The second-order valence-corrected chi connectivity index (χ2v) is 7.14. The van der Waals surface area contributed by atoms with E-state index in [0.717, 1.165) is 30.1 Å². The molecular formula is C9H20NO3PS. The van der Waals surface area contributed by atoms with E-state index in [2.05, 4.69) is 11.6 Å². The van der Waals surface area contributed by atoms with E-state index in [9.17, 15) is 4.57 Å². The summed E-state index contributed by atoms with van der Waals surface area (Å²) in [5.41, 5.74) is 2.26. The van der Waals surface area contributed by atoms with Gasteiger partial charge in [-0.25, -0.2) is 4.57 Å². The van der Waals surface area contributed by atoms with Gasteiger partial charge in [-0.1, -0.05) is 18.9 Å². The number of allylic oxidation sites excluding steroid dienone is 2. The normalized spacial score (nSPS) is 11.3. The molecule has 15 heavy (non-hydrogen) atoms. The molecule has 90 valence electrons. The van der Waals surface area contributed by atoms with Crippen LogP contribution < -0.4 is 4.72 Å². The summed E-state index contributed by atoms with van der Waals surface area (Å²) in [5.74, 6) is 0. The summed E-state index contributed by atoms with van der Waals surface area (Å²) in [6.07, 6.45) is 1.97. The minimum atomic E-state index is -3.03. The summed E-state index contributed by atoms with van der Waals surface area (Å²) in [6, 6.07) is 0. The van der Waals surface area contributed by atoms with Crippen molar-refractivity contribution < 1.29 is 13.6 Å². The van der Waals surface area contributed by atoms with Gasteiger partial charge in [-0.15, -0.1) is 0 Å². The van der Waals surface area contributed by atoms with Gasteiger partial charge in [0.15, 0.2) is 0 Å². The molecule has 0 rings (SSSR count). The van der Waals surface area contributed by atoms with Crippen molar-refractivity contribution in [3.05, 3.63) is 11.3 Å². The molecule has 0 aromatic heterocycles. The van der Waals surface area contributed by atoms with E-state index in [1.807, 2.05) is 13.8 Å². The summed E-state index contributed by atoms with van der Waals surface area (Å²) in [6.45, 7) is 3.11. The Hall–Kier alpha value is 0.0400. The third kappa shape index (κ3) is 5.61. The molecule has 0 radical (unpaired) electrons. The smallest absolute Gasteiger partial charge is 0.324 e. The first-order valence-corrected chi connectivity index (χ1v) is 7.78. The van der Waals surface area contributed by atoms with Crippen molar-refractivity contribution in [1.29, 1.82) is 0 Å². The molecule has 0 fully saturated rings. The van der Waals surface area contributed by atoms with Gasteiger partial charge in [-0.2, -0.15) is 0 Å². The molecule has 0 atom stereocenters. The quantitative estimate of drug-likeness (QED) is 0.553. The highest BCUT2D eigenvalue weighted by molar-refractivity contribution is 8.54. The Balaban J connectivity index is 4.35. The van der Waals surface area contributed by atoms with Crippen molar-refractivity contribution in [2.45, 2.75) is 33.6 Å². The fraction of sp³-hybridized carbons (Fsp3) is 0.778. The van der Waals surface area contributed by atoms with Gasteiger partial charge in [-0.05, 0) is 20.3 Å². The minimum Gasteiger partial charge on any atom is -0.324 e. The lowest BCUT2D eigenvalue weighted by molar-refractivity contribution is 0.295. The number of hydrogen-bond donors (Lipinski definition) is 1. The molecule has 0 unspecified atom stereocenters. The number of nitrogens with one attached hydrogen (secondary N) is 1. The Morgan fingerprint density at radius 2 is 1.87 bits per heavy atom. The first-order chi connectivity index (χ1) is 6.99. The minimum absolute atomic E-state index is 0.933. The van der Waals surface area contributed by atoms with E-state index < -0.39 is 6.80 Å². The van der Waals surface area contributed by atoms with Gasteiger partial charge in [0.25, 0.3) is 0 Å². The fourth-order valence-corrected chi connectivity index (χ4v) is 2.85. The van der Waals surface area contributed by atoms with E-state index in [1.165, 1.54) is 19.8 Å². The summed E-state index contributed by atoms with van der Waals surface area (Å²) >= 11 is 1.00. The maximum absolute atomic E-state index is 11.7. The van der Waals surface area contributed by atoms with Gasteiger partial charge in [0.05, 0.1) is 11.6 Å². The standard InChI is InChI=1S/C9H20NO3PS/c1-6-7-9(8(2)3)10-15-14(11,12-4)13-5/h10H,6-7H2,1-5H3. The van der Waals surface area contributed by atoms with Gasteiger partial charge in [0.1, 0.15) is 0 Å². The molecule has 4 nitrogen and oxygen atoms in total. The Bertz CT molecular complexity index is 256. The molecule has 0 saturated heterocycles. The molecule has 0 saturated carbocycles. The summed E-state index contributed by atoms with van der Waals surface area (Å²) < 4.78 is 24.4. The maximum atomic E-state index is 11.7. The molecule has 0 aromatic rings. The number of rotatable bonds is 7. The Labute approximate surface area is 96.2 Å². The predicted octanol–water partition coefficient (Wildman–Crippen LogP) is 3.72. The first kappa shape index (κ1) is 15.0. The molecule has 1 N–H and O–H groups in total. The second-order valence-electron chi connectivity index (χ2n) is 3.23. The van der Waals surface area contributed by atoms with Gasteiger partial charge in [-0.3, -0.25) is 0 Å². The van der Waals surface area contributed by atoms with Crippen LogP contribution >= 0.6 is 18.4 Å². The maximum Gasteiger partial charge on any atom is 0.408 e. The van der Waals surface area contributed by atoms with Crippen molar-refractivity contribution in [3.63, 3.8) is 0 Å². The van der Waals surface area contributed by atoms with E-state index >= 15 is 0 Å². The summed E-state index contributed by atoms with van der Waals surface area (Å²) in [4.78, 5) is 0. The highest BCUT2D eigenvalue weighted by Gasteiger charge is 2.22. The molecule has 6 heteroatoms. The Morgan fingerprint density at radius 1 is 1.33 bits per heavy atom. The van der Waals surface area contributed by atoms with Crippen LogP contribution in [0.4, 0.5) is 0 Å². The zero-order valence-electron chi connectivity index (χ0n) is 9.99. The molecule has 0 aliphatic heterocycles. The molecule has 0 bridgehead atoms. The van der Waals surface area contributed by atoms with E-state index in [4.69, 9.17) is 9.05 Å². The van der Waals surface area contributed by atoms with Gasteiger partial charge in [0, 0.05) is 19.9 Å². The van der Waals surface area contributed by atoms with Gasteiger partial charge in [0.2, 0.25) is 0 Å². The zero-order chi connectivity index (χ0) is 11.9. The summed E-state index contributed by atoms with van der Waals surface area (Å²) in [7, 11) is 2.75. The summed E-state index contributed by atoms with van der Waals surface area (Å²) in [5, 5.41) is 0. The molecular weight excluding hydrogens is 233 g/mol. The molecule has 0 aliphatic carbocycles. The Kier molecular flexibility index (Phi) is 7.36. The Morgan fingerprint density at radius 3 is 2.20 bits per heavy atom. The third-order valence-corrected chi connectivity index (χ3v) is 5.13. The lowest BCUT2D eigenvalue weighted by Gasteiger charge is -2.16. The first-order valence-electron chi connectivity index (χ1n) is 4.81. The molecule has 0 heterocycles. The molecule has 0 aliphatic rings. The van der Waals surface area contributed by atoms with Crippen LogP contribution in [-0.4, -0.2) is 14.2 Å². The van der Waals surface area contributed by atoms with E-state index in [-0.39, 0.29) is 0 Å². The van der Waals surface area contributed by atoms with Crippen LogP contribution in [-0.2, 0) is 13.6 Å². The van der Waals surface area contributed by atoms with Crippen molar-refractivity contribution in [2.75, 3.05) is 14.2 Å².